The third-order valence-electron chi connectivity index (χ3n) is 8.78. The zero-order chi connectivity index (χ0) is 35.7. The number of carbonyl (C=O) groups excluding carboxylic acids is 2. The predicted octanol–water partition coefficient (Wildman–Crippen LogP) is 6.59. The molecule has 2 amide bonds. The van der Waals surface area contributed by atoms with Crippen LogP contribution < -0.4 is 20.5 Å². The minimum absolute atomic E-state index is 0.0357. The highest BCUT2D eigenvalue weighted by molar-refractivity contribution is 6.35. The van der Waals surface area contributed by atoms with E-state index in [2.05, 4.69) is 15.3 Å². The van der Waals surface area contributed by atoms with Crippen LogP contribution in [0.15, 0.2) is 35.4 Å². The Hall–Kier alpha value is -4.78. The van der Waals surface area contributed by atoms with Gasteiger partial charge in [0.15, 0.2) is 5.82 Å². The van der Waals surface area contributed by atoms with Crippen molar-refractivity contribution < 1.29 is 27.8 Å². The average molecular weight is 695 g/mol. The van der Waals surface area contributed by atoms with E-state index in [4.69, 9.17) is 21.1 Å². The van der Waals surface area contributed by atoms with E-state index in [1.54, 1.807) is 39.5 Å². The van der Waals surface area contributed by atoms with Gasteiger partial charge in [-0.3, -0.25) is 14.2 Å². The molecule has 1 N–H and O–H groups in total. The molecule has 0 unspecified atom stereocenters. The first-order valence-electron chi connectivity index (χ1n) is 15.9. The van der Waals surface area contributed by atoms with Crippen LogP contribution in [0, 0.1) is 18.6 Å². The zero-order valence-corrected chi connectivity index (χ0v) is 29.2. The van der Waals surface area contributed by atoms with Gasteiger partial charge in [-0.25, -0.2) is 23.5 Å². The number of nitrogens with zero attached hydrogens (tertiary/aromatic N) is 5. The number of nitrogens with one attached hydrogen (secondary N) is 1. The summed E-state index contributed by atoms with van der Waals surface area (Å²) < 4.78 is 45.2. The van der Waals surface area contributed by atoms with Crippen LogP contribution in [0.3, 0.4) is 0 Å². The van der Waals surface area contributed by atoms with Crippen LogP contribution in [0.25, 0.3) is 27.7 Å². The molecule has 2 aromatic heterocycles. The number of carbonyl (C=O) groups is 2. The summed E-state index contributed by atoms with van der Waals surface area (Å²) in [5, 5.41) is 2.78. The third kappa shape index (κ3) is 5.63. The Morgan fingerprint density at radius 2 is 1.82 bits per heavy atom. The number of fused-ring (bicyclic) bond motifs is 5. The van der Waals surface area contributed by atoms with Crippen LogP contribution in [0.4, 0.5) is 25.0 Å². The lowest BCUT2D eigenvalue weighted by atomic mass is 9.96. The first-order chi connectivity index (χ1) is 23.0. The van der Waals surface area contributed by atoms with E-state index >= 15 is 8.78 Å². The van der Waals surface area contributed by atoms with Crippen molar-refractivity contribution in [1.29, 1.82) is 0 Å². The van der Waals surface area contributed by atoms with Gasteiger partial charge in [0, 0.05) is 23.5 Å². The molecule has 49 heavy (non-hydrogen) atoms. The molecule has 2 aliphatic rings. The Kier molecular flexibility index (Phi) is 8.54. The lowest BCUT2D eigenvalue weighted by Crippen LogP contribution is -2.65. The highest BCUT2D eigenvalue weighted by Gasteiger charge is 2.45. The molecule has 1 fully saturated rings. The zero-order valence-electron chi connectivity index (χ0n) is 28.4. The summed E-state index contributed by atoms with van der Waals surface area (Å²) in [6.45, 7) is 12.5. The quantitative estimate of drug-likeness (QED) is 0.254. The Morgan fingerprint density at radius 1 is 1.10 bits per heavy atom. The third-order valence-corrected chi connectivity index (χ3v) is 9.08. The second-order valence-corrected chi connectivity index (χ2v) is 14.0. The maximum atomic E-state index is 17.5. The number of aryl methyl sites for hydroxylation is 1. The summed E-state index contributed by atoms with van der Waals surface area (Å²) in [5.74, 6) is -2.49. The highest BCUT2D eigenvalue weighted by atomic mass is 35.5. The molecule has 2 aliphatic heterocycles. The van der Waals surface area contributed by atoms with Crippen LogP contribution in [0.5, 0.6) is 5.75 Å². The Bertz CT molecular complexity index is 2100. The molecule has 14 heteroatoms. The highest BCUT2D eigenvalue weighted by Crippen LogP contribution is 2.47. The van der Waals surface area contributed by atoms with Gasteiger partial charge >= 0.3 is 6.09 Å². The van der Waals surface area contributed by atoms with Gasteiger partial charge in [0.1, 0.15) is 35.2 Å². The summed E-state index contributed by atoms with van der Waals surface area (Å²) in [5.41, 5.74) is -1.08. The number of benzene rings is 2. The van der Waals surface area contributed by atoms with Gasteiger partial charge in [0.05, 0.1) is 52.5 Å². The van der Waals surface area contributed by atoms with Crippen molar-refractivity contribution in [2.75, 3.05) is 30.4 Å². The monoisotopic (exact) mass is 694 g/mol. The molecule has 11 nitrogen and oxygen atoms in total. The molecular weight excluding hydrogens is 658 g/mol. The van der Waals surface area contributed by atoms with Crippen molar-refractivity contribution in [3.8, 4) is 22.6 Å². The number of ether oxygens (including phenoxy) is 2. The minimum Gasteiger partial charge on any atom is -0.496 e. The fraction of sp³-hybridized carbons (Fsp3) is 0.400. The Labute approximate surface area is 286 Å². The first-order valence-corrected chi connectivity index (χ1v) is 16.3. The minimum atomic E-state index is -0.988. The van der Waals surface area contributed by atoms with E-state index < -0.39 is 46.9 Å². The number of halogens is 3. The van der Waals surface area contributed by atoms with Gasteiger partial charge in [0.25, 0.3) is 5.56 Å². The molecule has 0 spiro atoms. The maximum absolute atomic E-state index is 17.5. The van der Waals surface area contributed by atoms with Gasteiger partial charge in [0.2, 0.25) is 5.91 Å². The van der Waals surface area contributed by atoms with Crippen molar-refractivity contribution in [2.45, 2.75) is 72.1 Å². The molecule has 2 atom stereocenters. The van der Waals surface area contributed by atoms with Crippen LogP contribution >= 0.6 is 11.6 Å². The predicted molar refractivity (Wildman–Crippen MR) is 183 cm³/mol. The number of amides is 2. The number of anilines is 2. The molecule has 0 saturated carbocycles. The van der Waals surface area contributed by atoms with Crippen LogP contribution in [-0.4, -0.2) is 69.3 Å². The fourth-order valence-electron chi connectivity index (χ4n) is 6.64. The van der Waals surface area contributed by atoms with Gasteiger partial charge in [-0.2, -0.15) is 0 Å². The summed E-state index contributed by atoms with van der Waals surface area (Å²) in [6, 6.07) is 4.12. The molecule has 0 bridgehead atoms. The summed E-state index contributed by atoms with van der Waals surface area (Å²) in [4.78, 5) is 53.6. The number of pyridine rings is 1. The Balaban J connectivity index is 1.70. The number of piperazine rings is 1. The van der Waals surface area contributed by atoms with Gasteiger partial charge < -0.3 is 24.6 Å². The largest absolute Gasteiger partial charge is 0.496 e. The number of hydrogen-bond donors (Lipinski definition) is 1. The molecule has 4 aromatic rings. The number of methoxy groups -OCH3 is 1. The molecule has 4 heterocycles. The number of aromatic nitrogens is 3. The molecule has 2 aromatic carbocycles. The number of hydrogen-bond acceptors (Lipinski definition) is 8. The van der Waals surface area contributed by atoms with Crippen molar-refractivity contribution in [2.24, 2.45) is 0 Å². The summed E-state index contributed by atoms with van der Waals surface area (Å²) >= 11 is 6.85. The van der Waals surface area contributed by atoms with E-state index in [1.807, 2.05) is 13.8 Å². The molecule has 0 radical (unpaired) electrons. The molecule has 0 aliphatic carbocycles. The van der Waals surface area contributed by atoms with Crippen molar-refractivity contribution in [1.82, 2.24) is 19.4 Å². The maximum Gasteiger partial charge on any atom is 0.410 e. The van der Waals surface area contributed by atoms with Crippen LogP contribution in [0.1, 0.15) is 58.8 Å². The van der Waals surface area contributed by atoms with Gasteiger partial charge in [-0.1, -0.05) is 31.5 Å². The number of rotatable bonds is 4. The van der Waals surface area contributed by atoms with Gasteiger partial charge in [-0.05, 0) is 58.7 Å². The SMILES string of the molecule is COc1cccc(F)c1-c1c(Cl)cc2c3c(c(=O)n(-c4c(C)ncnc4C(C)C)c2c1F)NC(=O)[C@H]1CN(C(=O)OC(C)(C)C)[C@H](C)CN31. The van der Waals surface area contributed by atoms with Crippen LogP contribution in [-0.2, 0) is 9.53 Å². The molecule has 258 valence electrons. The molecular formula is C35H37ClF2N6O5. The van der Waals surface area contributed by atoms with E-state index in [0.717, 1.165) is 10.6 Å². The van der Waals surface area contributed by atoms with Crippen LogP contribution in [0.2, 0.25) is 5.02 Å². The lowest BCUT2D eigenvalue weighted by Gasteiger charge is -2.48. The van der Waals surface area contributed by atoms with Crippen molar-refractivity contribution >= 4 is 45.9 Å². The normalized spacial score (nSPS) is 17.6. The summed E-state index contributed by atoms with van der Waals surface area (Å²) in [7, 11) is 1.33. The molecule has 6 rings (SSSR count). The second kappa shape index (κ2) is 12.3. The van der Waals surface area contributed by atoms with E-state index in [9.17, 15) is 14.4 Å². The Morgan fingerprint density at radius 3 is 2.47 bits per heavy atom. The van der Waals surface area contributed by atoms with Gasteiger partial charge in [-0.15, -0.1) is 0 Å². The first kappa shape index (κ1) is 34.1. The van der Waals surface area contributed by atoms with Crippen molar-refractivity contribution in [3.05, 3.63) is 69.0 Å². The van der Waals surface area contributed by atoms with Crippen molar-refractivity contribution in [3.63, 3.8) is 0 Å². The topological polar surface area (TPSA) is 119 Å². The second-order valence-electron chi connectivity index (χ2n) is 13.6. The van der Waals surface area contributed by atoms with E-state index in [-0.39, 0.29) is 68.9 Å². The fourth-order valence-corrected chi connectivity index (χ4v) is 6.93. The molecule has 1 saturated heterocycles. The van der Waals surface area contributed by atoms with E-state index in [1.165, 1.54) is 36.5 Å². The smallest absolute Gasteiger partial charge is 0.410 e. The average Bonchev–Trinajstić information content (AvgIpc) is 3.01. The standard InChI is InChI=1S/C35H37ClF2N6O5/c1-16(2)27-29(18(4)39-15-40-27)44-30-19(12-20(36)24(26(30)38)25-21(37)10-9-11-23(25)48-8)31-28(33(44)46)41-32(45)22-14-42(17(3)13-43(22)31)34(47)49-35(5,6)7/h9-12,15-17,22H,13-14H2,1-8H3,(H,41,45)/t17-,22-/m1/s1. The van der Waals surface area contributed by atoms with E-state index in [0.29, 0.717) is 11.4 Å². The lowest BCUT2D eigenvalue weighted by molar-refractivity contribution is -0.118. The summed E-state index contributed by atoms with van der Waals surface area (Å²) in [6.07, 6.45) is 0.775.